The number of morpholine rings is 1. The Balaban J connectivity index is 1.61. The van der Waals surface area contributed by atoms with Crippen LogP contribution >= 0.6 is 0 Å². The molecule has 24 heavy (non-hydrogen) atoms. The van der Waals surface area contributed by atoms with Crippen molar-refractivity contribution < 1.29 is 9.47 Å². The van der Waals surface area contributed by atoms with E-state index in [0.717, 1.165) is 77.8 Å². The minimum absolute atomic E-state index is 0.452. The van der Waals surface area contributed by atoms with Crippen LogP contribution < -0.4 is 10.6 Å². The van der Waals surface area contributed by atoms with Gasteiger partial charge in [-0.15, -0.1) is 0 Å². The summed E-state index contributed by atoms with van der Waals surface area (Å²) in [7, 11) is 0. The van der Waals surface area contributed by atoms with Crippen molar-refractivity contribution in [2.45, 2.75) is 38.3 Å². The summed E-state index contributed by atoms with van der Waals surface area (Å²) in [5, 5.41) is 6.96. The first-order valence-corrected chi connectivity index (χ1v) is 9.46. The topological polar surface area (TPSA) is 58.1 Å². The van der Waals surface area contributed by atoms with Crippen LogP contribution in [0.4, 0.5) is 0 Å². The first-order valence-electron chi connectivity index (χ1n) is 9.46. The smallest absolute Gasteiger partial charge is 0.191 e. The summed E-state index contributed by atoms with van der Waals surface area (Å²) in [6.45, 7) is 9.27. The Morgan fingerprint density at radius 1 is 1.21 bits per heavy atom. The Labute approximate surface area is 145 Å². The van der Waals surface area contributed by atoms with Crippen LogP contribution in [0.5, 0.6) is 0 Å². The number of hydrogen-bond donors (Lipinski definition) is 2. The van der Waals surface area contributed by atoms with E-state index in [0.29, 0.717) is 18.0 Å². The lowest BCUT2D eigenvalue weighted by Crippen LogP contribution is -2.50. The number of nitrogens with zero attached hydrogens (tertiary/aromatic N) is 2. The van der Waals surface area contributed by atoms with Crippen LogP contribution in [0, 0.1) is 5.92 Å². The molecule has 1 aliphatic carbocycles. The number of nitrogens with one attached hydrogen (secondary N) is 2. The molecule has 2 saturated heterocycles. The van der Waals surface area contributed by atoms with Gasteiger partial charge >= 0.3 is 0 Å². The molecule has 0 amide bonds. The van der Waals surface area contributed by atoms with E-state index < -0.39 is 0 Å². The zero-order valence-electron chi connectivity index (χ0n) is 14.9. The number of hydrogen-bond acceptors (Lipinski definition) is 4. The van der Waals surface area contributed by atoms with Crippen LogP contribution in [0.2, 0.25) is 0 Å². The molecule has 2 N–H and O–H groups in total. The Hall–Kier alpha value is -1.11. The monoisotopic (exact) mass is 336 g/mol. The highest BCUT2D eigenvalue weighted by atomic mass is 16.5. The molecule has 2 heterocycles. The first-order chi connectivity index (χ1) is 11.9. The quantitative estimate of drug-likeness (QED) is 0.430. The molecular weight excluding hydrogens is 304 g/mol. The number of guanidine groups is 1. The van der Waals surface area contributed by atoms with Gasteiger partial charge in [0.15, 0.2) is 5.96 Å². The molecule has 0 radical (unpaired) electrons. The summed E-state index contributed by atoms with van der Waals surface area (Å²) < 4.78 is 11.2. The van der Waals surface area contributed by atoms with E-state index in [4.69, 9.17) is 14.5 Å². The van der Waals surface area contributed by atoms with Crippen molar-refractivity contribution in [2.75, 3.05) is 52.6 Å². The molecule has 6 heteroatoms. The molecule has 2 unspecified atom stereocenters. The standard InChI is InChI=1S/C18H32N4O2/c1-2-19-18(21-16-5-3-4-6-16)20-13-17(15-7-10-24-14-15)22-8-11-23-12-9-22/h3-4,15-17H,2,5-14H2,1H3,(H2,19,20,21). The molecule has 0 aromatic rings. The molecule has 3 aliphatic rings. The predicted octanol–water partition coefficient (Wildman–Crippen LogP) is 0.997. The minimum Gasteiger partial charge on any atom is -0.381 e. The van der Waals surface area contributed by atoms with E-state index in [1.54, 1.807) is 0 Å². The normalized spacial score (nSPS) is 27.5. The van der Waals surface area contributed by atoms with Crippen molar-refractivity contribution >= 4 is 5.96 Å². The summed E-state index contributed by atoms with van der Waals surface area (Å²) in [4.78, 5) is 7.47. The van der Waals surface area contributed by atoms with Gasteiger partial charge in [0.2, 0.25) is 0 Å². The second-order valence-corrected chi connectivity index (χ2v) is 6.84. The third-order valence-electron chi connectivity index (χ3n) is 5.15. The van der Waals surface area contributed by atoms with Gasteiger partial charge in [0.1, 0.15) is 0 Å². The zero-order valence-corrected chi connectivity index (χ0v) is 14.9. The fraction of sp³-hybridized carbons (Fsp3) is 0.833. The average Bonchev–Trinajstić information content (AvgIpc) is 3.30. The summed E-state index contributed by atoms with van der Waals surface area (Å²) in [6.07, 6.45) is 7.82. The van der Waals surface area contributed by atoms with E-state index in [-0.39, 0.29) is 0 Å². The summed E-state index contributed by atoms with van der Waals surface area (Å²) in [5.41, 5.74) is 0. The third kappa shape index (κ3) is 4.94. The molecule has 0 aromatic carbocycles. The molecule has 6 nitrogen and oxygen atoms in total. The van der Waals surface area contributed by atoms with Crippen molar-refractivity contribution in [3.63, 3.8) is 0 Å². The van der Waals surface area contributed by atoms with Gasteiger partial charge in [0, 0.05) is 44.2 Å². The third-order valence-corrected chi connectivity index (χ3v) is 5.15. The second-order valence-electron chi connectivity index (χ2n) is 6.84. The van der Waals surface area contributed by atoms with Gasteiger partial charge in [0.05, 0.1) is 26.4 Å². The maximum atomic E-state index is 5.64. The van der Waals surface area contributed by atoms with Crippen LogP contribution in [0.15, 0.2) is 17.1 Å². The maximum Gasteiger partial charge on any atom is 0.191 e. The van der Waals surface area contributed by atoms with Gasteiger partial charge in [-0.3, -0.25) is 9.89 Å². The van der Waals surface area contributed by atoms with Crippen molar-refractivity contribution in [1.82, 2.24) is 15.5 Å². The van der Waals surface area contributed by atoms with Crippen LogP contribution in [-0.4, -0.2) is 75.5 Å². The molecule has 136 valence electrons. The number of aliphatic imine (C=N–C) groups is 1. The van der Waals surface area contributed by atoms with Crippen molar-refractivity contribution in [3.05, 3.63) is 12.2 Å². The fourth-order valence-electron chi connectivity index (χ4n) is 3.76. The Morgan fingerprint density at radius 3 is 2.67 bits per heavy atom. The van der Waals surface area contributed by atoms with E-state index in [1.807, 2.05) is 0 Å². The van der Waals surface area contributed by atoms with Crippen molar-refractivity contribution in [3.8, 4) is 0 Å². The van der Waals surface area contributed by atoms with Gasteiger partial charge in [-0.05, 0) is 26.2 Å². The molecule has 0 spiro atoms. The SMILES string of the molecule is CCNC(=NCC(C1CCOC1)N1CCOCC1)NC1CC=CC1. The molecule has 2 atom stereocenters. The largest absolute Gasteiger partial charge is 0.381 e. The molecular formula is C18H32N4O2. The lowest BCUT2D eigenvalue weighted by atomic mass is 9.97. The first kappa shape index (κ1) is 17.7. The highest BCUT2D eigenvalue weighted by Crippen LogP contribution is 2.22. The van der Waals surface area contributed by atoms with E-state index in [2.05, 4.69) is 34.6 Å². The van der Waals surface area contributed by atoms with E-state index >= 15 is 0 Å². The van der Waals surface area contributed by atoms with Gasteiger partial charge in [-0.2, -0.15) is 0 Å². The lowest BCUT2D eigenvalue weighted by molar-refractivity contribution is 0.00368. The van der Waals surface area contributed by atoms with Gasteiger partial charge in [-0.1, -0.05) is 12.2 Å². The minimum atomic E-state index is 0.452. The Bertz CT molecular complexity index is 421. The van der Waals surface area contributed by atoms with Crippen molar-refractivity contribution in [2.24, 2.45) is 10.9 Å². The second kappa shape index (κ2) is 9.39. The summed E-state index contributed by atoms with van der Waals surface area (Å²) >= 11 is 0. The Morgan fingerprint density at radius 2 is 2.00 bits per heavy atom. The fourth-order valence-corrected chi connectivity index (χ4v) is 3.76. The molecule has 3 rings (SSSR count). The highest BCUT2D eigenvalue weighted by Gasteiger charge is 2.31. The number of ether oxygens (including phenoxy) is 2. The predicted molar refractivity (Wildman–Crippen MR) is 96.4 cm³/mol. The van der Waals surface area contributed by atoms with Crippen LogP contribution in [0.1, 0.15) is 26.2 Å². The van der Waals surface area contributed by atoms with Gasteiger partial charge < -0.3 is 20.1 Å². The highest BCUT2D eigenvalue weighted by molar-refractivity contribution is 5.80. The lowest BCUT2D eigenvalue weighted by Gasteiger charge is -2.36. The van der Waals surface area contributed by atoms with Gasteiger partial charge in [-0.25, -0.2) is 0 Å². The van der Waals surface area contributed by atoms with E-state index in [1.165, 1.54) is 0 Å². The zero-order chi connectivity index (χ0) is 16.6. The molecule has 2 fully saturated rings. The van der Waals surface area contributed by atoms with Gasteiger partial charge in [0.25, 0.3) is 0 Å². The number of rotatable bonds is 6. The summed E-state index contributed by atoms with van der Waals surface area (Å²) in [5.74, 6) is 1.53. The molecule has 0 saturated carbocycles. The molecule has 2 aliphatic heterocycles. The van der Waals surface area contributed by atoms with Crippen LogP contribution in [0.25, 0.3) is 0 Å². The van der Waals surface area contributed by atoms with Crippen molar-refractivity contribution in [1.29, 1.82) is 0 Å². The summed E-state index contributed by atoms with van der Waals surface area (Å²) in [6, 6.07) is 0.938. The maximum absolute atomic E-state index is 5.64. The molecule has 0 bridgehead atoms. The molecule has 0 aromatic heterocycles. The average molecular weight is 336 g/mol. The van der Waals surface area contributed by atoms with Crippen LogP contribution in [-0.2, 0) is 9.47 Å². The van der Waals surface area contributed by atoms with E-state index in [9.17, 15) is 0 Å². The van der Waals surface area contributed by atoms with Crippen LogP contribution in [0.3, 0.4) is 0 Å². The Kier molecular flexibility index (Phi) is 6.93.